The standard InChI is InChI=1S/C17H20Cl2O4/c1-16(2)21-9-11(23-16)13-14(12-15(22-13)17(12,18)19)20-8-10-6-4-3-5-7-10/h3-7,11-15H,8-9H2,1-2H3/t11-,12?,13-,14-,15?/m1/s1. The minimum absolute atomic E-state index is 0.0214. The number of halogens is 2. The average Bonchev–Trinajstić information content (AvgIpc) is 2.86. The van der Waals surface area contributed by atoms with E-state index in [1.54, 1.807) is 0 Å². The van der Waals surface area contributed by atoms with E-state index in [-0.39, 0.29) is 30.3 Å². The lowest BCUT2D eigenvalue weighted by atomic mass is 10.1. The molecule has 2 saturated heterocycles. The largest absolute Gasteiger partial charge is 0.370 e. The predicted molar refractivity (Wildman–Crippen MR) is 86.5 cm³/mol. The lowest BCUT2D eigenvalue weighted by molar-refractivity contribution is -0.167. The number of alkyl halides is 2. The molecule has 2 aliphatic heterocycles. The maximum Gasteiger partial charge on any atom is 0.163 e. The molecular formula is C17H20Cl2O4. The van der Waals surface area contributed by atoms with E-state index in [2.05, 4.69) is 0 Å². The van der Waals surface area contributed by atoms with Crippen LogP contribution in [0, 0.1) is 5.92 Å². The molecule has 23 heavy (non-hydrogen) atoms. The summed E-state index contributed by atoms with van der Waals surface area (Å²) in [7, 11) is 0. The number of hydrogen-bond acceptors (Lipinski definition) is 4. The van der Waals surface area contributed by atoms with E-state index in [0.717, 1.165) is 5.56 Å². The first-order valence-electron chi connectivity index (χ1n) is 7.89. The summed E-state index contributed by atoms with van der Waals surface area (Å²) in [5, 5.41) is 0. The van der Waals surface area contributed by atoms with Crippen molar-refractivity contribution in [3.8, 4) is 0 Å². The molecule has 4 rings (SSSR count). The molecular weight excluding hydrogens is 339 g/mol. The van der Waals surface area contributed by atoms with Gasteiger partial charge in [-0.1, -0.05) is 53.5 Å². The van der Waals surface area contributed by atoms with E-state index < -0.39 is 10.1 Å². The van der Waals surface area contributed by atoms with Crippen molar-refractivity contribution < 1.29 is 18.9 Å². The molecule has 126 valence electrons. The van der Waals surface area contributed by atoms with Gasteiger partial charge < -0.3 is 18.9 Å². The minimum atomic E-state index is -0.854. The second-order valence-corrected chi connectivity index (χ2v) is 8.29. The van der Waals surface area contributed by atoms with Crippen molar-refractivity contribution in [2.45, 2.75) is 55.0 Å². The Morgan fingerprint density at radius 2 is 1.96 bits per heavy atom. The van der Waals surface area contributed by atoms with Crippen LogP contribution >= 0.6 is 23.2 Å². The van der Waals surface area contributed by atoms with Gasteiger partial charge in [0.05, 0.1) is 31.3 Å². The molecule has 2 heterocycles. The van der Waals surface area contributed by atoms with E-state index in [0.29, 0.717) is 13.2 Å². The summed E-state index contributed by atoms with van der Waals surface area (Å²) in [6.07, 6.45) is -0.759. The summed E-state index contributed by atoms with van der Waals surface area (Å²) >= 11 is 12.6. The van der Waals surface area contributed by atoms with Gasteiger partial charge in [0.1, 0.15) is 12.2 Å². The summed E-state index contributed by atoms with van der Waals surface area (Å²) in [6.45, 7) is 4.78. The highest BCUT2D eigenvalue weighted by Crippen LogP contribution is 2.63. The zero-order chi connectivity index (χ0) is 16.2. The molecule has 1 saturated carbocycles. The van der Waals surface area contributed by atoms with E-state index in [1.807, 2.05) is 44.2 Å². The third kappa shape index (κ3) is 2.90. The van der Waals surface area contributed by atoms with Gasteiger partial charge in [0.2, 0.25) is 0 Å². The van der Waals surface area contributed by atoms with Gasteiger partial charge in [-0.2, -0.15) is 0 Å². The molecule has 3 fully saturated rings. The molecule has 2 unspecified atom stereocenters. The van der Waals surface area contributed by atoms with Crippen LogP contribution in [0.5, 0.6) is 0 Å². The lowest BCUT2D eigenvalue weighted by Gasteiger charge is -2.29. The van der Waals surface area contributed by atoms with Gasteiger partial charge in [-0.25, -0.2) is 0 Å². The van der Waals surface area contributed by atoms with Crippen LogP contribution in [0.2, 0.25) is 0 Å². The fourth-order valence-corrected chi connectivity index (χ4v) is 4.21. The van der Waals surface area contributed by atoms with Gasteiger partial charge in [0, 0.05) is 0 Å². The summed E-state index contributed by atoms with van der Waals surface area (Å²) < 4.78 is 22.9. The second kappa shape index (κ2) is 5.58. The molecule has 0 aromatic heterocycles. The average molecular weight is 359 g/mol. The minimum Gasteiger partial charge on any atom is -0.370 e. The molecule has 3 aliphatic rings. The summed E-state index contributed by atoms with van der Waals surface area (Å²) in [6, 6.07) is 10.0. The molecule has 1 aromatic rings. The van der Waals surface area contributed by atoms with Crippen molar-refractivity contribution in [1.82, 2.24) is 0 Å². The first kappa shape index (κ1) is 16.1. The fourth-order valence-electron chi connectivity index (χ4n) is 3.48. The third-order valence-electron chi connectivity index (χ3n) is 4.70. The lowest BCUT2D eigenvalue weighted by Crippen LogP contribution is -2.43. The van der Waals surface area contributed by atoms with Crippen LogP contribution in [0.4, 0.5) is 0 Å². The molecule has 0 bridgehead atoms. The smallest absolute Gasteiger partial charge is 0.163 e. The SMILES string of the molecule is CC1(C)OC[C@H]([C@H]2OC3C([C@H]2OCc2ccccc2)C3(Cl)Cl)O1. The van der Waals surface area contributed by atoms with Gasteiger partial charge in [-0.15, -0.1) is 0 Å². The molecule has 0 radical (unpaired) electrons. The van der Waals surface area contributed by atoms with Crippen LogP contribution in [0.3, 0.4) is 0 Å². The molecule has 6 heteroatoms. The number of hydrogen-bond donors (Lipinski definition) is 0. The molecule has 1 aliphatic carbocycles. The second-order valence-electron chi connectivity index (χ2n) is 6.85. The quantitative estimate of drug-likeness (QED) is 0.773. The Balaban J connectivity index is 1.47. The monoisotopic (exact) mass is 358 g/mol. The Kier molecular flexibility index (Phi) is 3.91. The Morgan fingerprint density at radius 1 is 1.22 bits per heavy atom. The molecule has 5 atom stereocenters. The number of ether oxygens (including phenoxy) is 4. The highest BCUT2D eigenvalue weighted by molar-refractivity contribution is 6.52. The zero-order valence-corrected chi connectivity index (χ0v) is 14.6. The highest BCUT2D eigenvalue weighted by atomic mass is 35.5. The maximum absolute atomic E-state index is 6.30. The highest BCUT2D eigenvalue weighted by Gasteiger charge is 2.75. The third-order valence-corrected chi connectivity index (χ3v) is 5.64. The Hall–Kier alpha value is -0.360. The maximum atomic E-state index is 6.30. The van der Waals surface area contributed by atoms with Gasteiger partial charge in [-0.05, 0) is 19.4 Å². The van der Waals surface area contributed by atoms with Crippen molar-refractivity contribution in [2.75, 3.05) is 6.61 Å². The van der Waals surface area contributed by atoms with Gasteiger partial charge in [0.15, 0.2) is 10.1 Å². The first-order valence-corrected chi connectivity index (χ1v) is 8.65. The van der Waals surface area contributed by atoms with Crippen molar-refractivity contribution in [1.29, 1.82) is 0 Å². The van der Waals surface area contributed by atoms with Crippen LogP contribution in [-0.4, -0.2) is 41.1 Å². The van der Waals surface area contributed by atoms with Gasteiger partial charge in [0.25, 0.3) is 0 Å². The van der Waals surface area contributed by atoms with Crippen LogP contribution in [0.1, 0.15) is 19.4 Å². The Labute approximate surface area is 145 Å². The molecule has 0 spiro atoms. The van der Waals surface area contributed by atoms with Gasteiger partial charge >= 0.3 is 0 Å². The van der Waals surface area contributed by atoms with E-state index in [4.69, 9.17) is 42.1 Å². The summed E-state index contributed by atoms with van der Waals surface area (Å²) in [4.78, 5) is 0. The topological polar surface area (TPSA) is 36.9 Å². The molecule has 4 nitrogen and oxygen atoms in total. The summed E-state index contributed by atoms with van der Waals surface area (Å²) in [5.74, 6) is -0.615. The van der Waals surface area contributed by atoms with Crippen LogP contribution in [0.15, 0.2) is 30.3 Å². The Bertz CT molecular complexity index is 577. The zero-order valence-electron chi connectivity index (χ0n) is 13.1. The Morgan fingerprint density at radius 3 is 2.61 bits per heavy atom. The van der Waals surface area contributed by atoms with Crippen molar-refractivity contribution in [3.05, 3.63) is 35.9 Å². The fraction of sp³-hybridized carbons (Fsp3) is 0.647. The predicted octanol–water partition coefficient (Wildman–Crippen LogP) is 3.29. The van der Waals surface area contributed by atoms with Crippen LogP contribution in [-0.2, 0) is 25.6 Å². The number of fused-ring (bicyclic) bond motifs is 1. The normalized spacial score (nSPS) is 40.1. The first-order chi connectivity index (χ1) is 10.9. The number of benzene rings is 1. The summed E-state index contributed by atoms with van der Waals surface area (Å²) in [5.41, 5.74) is 1.11. The molecule has 1 aromatic carbocycles. The van der Waals surface area contributed by atoms with E-state index >= 15 is 0 Å². The van der Waals surface area contributed by atoms with Crippen molar-refractivity contribution in [3.63, 3.8) is 0 Å². The van der Waals surface area contributed by atoms with Crippen molar-refractivity contribution >= 4 is 23.2 Å². The molecule has 0 N–H and O–H groups in total. The van der Waals surface area contributed by atoms with Crippen molar-refractivity contribution in [2.24, 2.45) is 5.92 Å². The van der Waals surface area contributed by atoms with E-state index in [9.17, 15) is 0 Å². The van der Waals surface area contributed by atoms with E-state index in [1.165, 1.54) is 0 Å². The van der Waals surface area contributed by atoms with Gasteiger partial charge in [-0.3, -0.25) is 0 Å². The molecule has 0 amide bonds. The van der Waals surface area contributed by atoms with Crippen LogP contribution in [0.25, 0.3) is 0 Å². The van der Waals surface area contributed by atoms with Crippen LogP contribution < -0.4 is 0 Å². The number of rotatable bonds is 4.